The van der Waals surface area contributed by atoms with Crippen molar-refractivity contribution in [3.8, 4) is 11.5 Å². The minimum Gasteiger partial charge on any atom is -0.506 e. The van der Waals surface area contributed by atoms with Gasteiger partial charge >= 0.3 is 5.63 Å². The number of aliphatic hydroxyl groups excluding tert-OH is 2. The summed E-state index contributed by atoms with van der Waals surface area (Å²) in [6.07, 6.45) is -3.73. The number of oxime groups is 1. The Morgan fingerprint density at radius 3 is 2.48 bits per heavy atom. The van der Waals surface area contributed by atoms with Gasteiger partial charge in [0, 0.05) is 12.7 Å². The minimum absolute atomic E-state index is 0.0709. The molecule has 10 nitrogen and oxygen atoms in total. The average molecular weight is 465 g/mol. The van der Waals surface area contributed by atoms with Crippen molar-refractivity contribution < 1.29 is 38.8 Å². The normalized spacial score (nSPS) is 28.2. The van der Waals surface area contributed by atoms with Crippen LogP contribution in [-0.2, 0) is 14.3 Å². The zero-order chi connectivity index (χ0) is 24.5. The summed E-state index contributed by atoms with van der Waals surface area (Å²) < 4.78 is 22.8. The average Bonchev–Trinajstić information content (AvgIpc) is 2.79. The van der Waals surface area contributed by atoms with Crippen LogP contribution < -0.4 is 10.4 Å². The van der Waals surface area contributed by atoms with Gasteiger partial charge in [-0.1, -0.05) is 19.0 Å². The number of fused-ring (bicyclic) bond motifs is 1. The number of aromatic hydroxyl groups is 1. The summed E-state index contributed by atoms with van der Waals surface area (Å²) in [7, 11) is 2.79. The fourth-order valence-corrected chi connectivity index (χ4v) is 4.14. The van der Waals surface area contributed by atoms with Crippen molar-refractivity contribution in [1.82, 2.24) is 0 Å². The molecule has 1 saturated heterocycles. The summed E-state index contributed by atoms with van der Waals surface area (Å²) in [6.45, 7) is 7.06. The third-order valence-corrected chi connectivity index (χ3v) is 6.20. The van der Waals surface area contributed by atoms with E-state index in [0.717, 1.165) is 0 Å². The van der Waals surface area contributed by atoms with Crippen LogP contribution in [-0.4, -0.2) is 65.5 Å². The Morgan fingerprint density at radius 2 is 1.91 bits per heavy atom. The molecule has 0 amide bonds. The zero-order valence-corrected chi connectivity index (χ0v) is 19.6. The molecule has 0 spiro atoms. The van der Waals surface area contributed by atoms with Crippen molar-refractivity contribution in [3.63, 3.8) is 0 Å². The third kappa shape index (κ3) is 4.31. The first-order chi connectivity index (χ1) is 15.6. The van der Waals surface area contributed by atoms with Crippen LogP contribution >= 0.6 is 0 Å². The fraction of sp³-hybridized carbons (Fsp3) is 0.565. The van der Waals surface area contributed by atoms with Crippen LogP contribution in [0.15, 0.2) is 26.5 Å². The van der Waals surface area contributed by atoms with Gasteiger partial charge in [-0.15, -0.1) is 0 Å². The van der Waals surface area contributed by atoms with Crippen molar-refractivity contribution in [3.05, 3.63) is 33.7 Å². The zero-order valence-electron chi connectivity index (χ0n) is 19.6. The van der Waals surface area contributed by atoms with E-state index in [4.69, 9.17) is 23.5 Å². The lowest BCUT2D eigenvalue weighted by atomic mass is 9.86. The number of nitrogens with zero attached hydrogens (tertiary/aromatic N) is 1. The highest BCUT2D eigenvalue weighted by atomic mass is 16.7. The van der Waals surface area contributed by atoms with Gasteiger partial charge < -0.3 is 38.8 Å². The lowest BCUT2D eigenvalue weighted by Crippen LogP contribution is -2.64. The van der Waals surface area contributed by atoms with Gasteiger partial charge in [-0.05, 0) is 38.8 Å². The summed E-state index contributed by atoms with van der Waals surface area (Å²) in [4.78, 5) is 17.4. The molecule has 2 aromatic rings. The van der Waals surface area contributed by atoms with E-state index in [1.54, 1.807) is 26.8 Å². The molecule has 3 rings (SSSR count). The lowest BCUT2D eigenvalue weighted by Gasteiger charge is -2.47. The number of ether oxygens (including phenoxy) is 3. The first kappa shape index (κ1) is 25.0. The van der Waals surface area contributed by atoms with E-state index in [1.807, 2.05) is 6.92 Å². The maximum Gasteiger partial charge on any atom is 0.349 e. The molecule has 1 aromatic heterocycles. The molecule has 1 aromatic carbocycles. The molecule has 0 bridgehead atoms. The van der Waals surface area contributed by atoms with Crippen LogP contribution in [0, 0.1) is 6.92 Å². The van der Waals surface area contributed by atoms with Crippen molar-refractivity contribution >= 4 is 16.7 Å². The molecule has 1 aliphatic heterocycles. The first-order valence-electron chi connectivity index (χ1n) is 10.8. The molecule has 2 heterocycles. The van der Waals surface area contributed by atoms with Crippen LogP contribution in [0.2, 0.25) is 0 Å². The number of hydrogen-bond donors (Lipinski definition) is 3. The van der Waals surface area contributed by atoms with E-state index < -0.39 is 35.8 Å². The van der Waals surface area contributed by atoms with Crippen molar-refractivity contribution in [2.24, 2.45) is 5.16 Å². The van der Waals surface area contributed by atoms with E-state index in [1.165, 1.54) is 20.3 Å². The van der Waals surface area contributed by atoms with Gasteiger partial charge in [0.2, 0.25) is 6.29 Å². The Balaban J connectivity index is 2.03. The fourth-order valence-electron chi connectivity index (χ4n) is 4.14. The van der Waals surface area contributed by atoms with Crippen LogP contribution in [0.5, 0.6) is 11.5 Å². The standard InChI is InChI=1S/C23H31NO9/c1-7-13(24-30-6)15-16(25)12-9-10-14(11(3)19(12)32-21(15)28)31-22-18(27)17(26)20(29-5)23(4,8-2)33-22/h9-10,17-18,20,22,25-27H,7-8H2,1-6H3/b24-13+/t17-,18+,20+,22+,23-/m0/s1. The van der Waals surface area contributed by atoms with Gasteiger partial charge in [0.15, 0.2) is 0 Å². The summed E-state index contributed by atoms with van der Waals surface area (Å²) in [5.41, 5.74) is -0.971. The summed E-state index contributed by atoms with van der Waals surface area (Å²) >= 11 is 0. The van der Waals surface area contributed by atoms with Gasteiger partial charge in [0.25, 0.3) is 0 Å². The van der Waals surface area contributed by atoms with Crippen molar-refractivity contribution in [1.29, 1.82) is 0 Å². The molecular weight excluding hydrogens is 434 g/mol. The second-order valence-corrected chi connectivity index (χ2v) is 8.16. The summed E-state index contributed by atoms with van der Waals surface area (Å²) in [5, 5.41) is 36.0. The number of benzene rings is 1. The van der Waals surface area contributed by atoms with Crippen molar-refractivity contribution in [2.75, 3.05) is 14.2 Å². The lowest BCUT2D eigenvalue weighted by molar-refractivity contribution is -0.311. The molecule has 182 valence electrons. The van der Waals surface area contributed by atoms with Crippen LogP contribution in [0.25, 0.3) is 11.0 Å². The Morgan fingerprint density at radius 1 is 1.21 bits per heavy atom. The van der Waals surface area contributed by atoms with E-state index in [9.17, 15) is 20.1 Å². The third-order valence-electron chi connectivity index (χ3n) is 6.20. The molecule has 0 saturated carbocycles. The number of methoxy groups -OCH3 is 1. The van der Waals surface area contributed by atoms with Crippen molar-refractivity contribution in [2.45, 2.75) is 70.7 Å². The van der Waals surface area contributed by atoms with Gasteiger partial charge in [-0.3, -0.25) is 0 Å². The van der Waals surface area contributed by atoms with Gasteiger partial charge in [-0.25, -0.2) is 4.79 Å². The van der Waals surface area contributed by atoms with E-state index in [2.05, 4.69) is 5.16 Å². The van der Waals surface area contributed by atoms with Gasteiger partial charge in [0.1, 0.15) is 48.1 Å². The quantitative estimate of drug-likeness (QED) is 0.319. The number of rotatable bonds is 7. The molecule has 5 atom stereocenters. The highest BCUT2D eigenvalue weighted by Gasteiger charge is 2.52. The summed E-state index contributed by atoms with van der Waals surface area (Å²) in [6, 6.07) is 3.09. The molecular formula is C23H31NO9. The monoisotopic (exact) mass is 465 g/mol. The molecule has 10 heteroatoms. The van der Waals surface area contributed by atoms with E-state index in [0.29, 0.717) is 18.4 Å². The Kier molecular flexibility index (Phi) is 7.32. The van der Waals surface area contributed by atoms with Gasteiger partial charge in [-0.2, -0.15) is 0 Å². The largest absolute Gasteiger partial charge is 0.506 e. The second kappa shape index (κ2) is 9.68. The molecule has 33 heavy (non-hydrogen) atoms. The van der Waals surface area contributed by atoms with E-state index >= 15 is 0 Å². The molecule has 0 unspecified atom stereocenters. The highest BCUT2D eigenvalue weighted by molar-refractivity contribution is 6.06. The Hall–Kier alpha value is -2.66. The maximum absolute atomic E-state index is 12.7. The smallest absolute Gasteiger partial charge is 0.349 e. The van der Waals surface area contributed by atoms with Gasteiger partial charge in [0.05, 0.1) is 16.7 Å². The SMILES string of the molecule is CC/C(=N\OC)c1c(O)c2ccc(O[C@@H]3O[C@@](C)(CC)[C@H](OC)[C@@H](O)[C@H]3O)c(C)c2oc1=O. The minimum atomic E-state index is -1.38. The first-order valence-corrected chi connectivity index (χ1v) is 10.8. The van der Waals surface area contributed by atoms with Crippen LogP contribution in [0.1, 0.15) is 44.7 Å². The Labute approximate surface area is 191 Å². The van der Waals surface area contributed by atoms with Crippen LogP contribution in [0.3, 0.4) is 0 Å². The predicted molar refractivity (Wildman–Crippen MR) is 120 cm³/mol. The number of hydrogen-bond acceptors (Lipinski definition) is 10. The van der Waals surface area contributed by atoms with Crippen LogP contribution in [0.4, 0.5) is 0 Å². The predicted octanol–water partition coefficient (Wildman–Crippen LogP) is 2.21. The number of aliphatic hydroxyl groups is 2. The molecule has 1 fully saturated rings. The molecule has 0 radical (unpaired) electrons. The number of aryl methyl sites for hydroxylation is 1. The summed E-state index contributed by atoms with van der Waals surface area (Å²) in [5.74, 6) is -0.0240. The topological polar surface area (TPSA) is 140 Å². The second-order valence-electron chi connectivity index (χ2n) is 8.16. The Bertz CT molecular complexity index is 1100. The molecule has 3 N–H and O–H groups in total. The molecule has 0 aliphatic carbocycles. The molecule has 1 aliphatic rings. The maximum atomic E-state index is 12.7. The highest BCUT2D eigenvalue weighted by Crippen LogP contribution is 2.38. The van der Waals surface area contributed by atoms with E-state index in [-0.39, 0.29) is 33.7 Å².